The third kappa shape index (κ3) is 9.21. The molecule has 48 heavy (non-hydrogen) atoms. The maximum absolute atomic E-state index is 13.6. The number of amides is 3. The maximum atomic E-state index is 13.6. The van der Waals surface area contributed by atoms with Crippen molar-refractivity contribution in [2.24, 2.45) is 0 Å². The van der Waals surface area contributed by atoms with Gasteiger partial charge in [0.15, 0.2) is 5.13 Å². The Bertz CT molecular complexity index is 1900. The van der Waals surface area contributed by atoms with Gasteiger partial charge in [-0.25, -0.2) is 4.98 Å². The number of thioether (sulfide) groups is 1. The molecule has 0 aliphatic heterocycles. The number of rotatable bonds is 12. The molecule has 5 rings (SSSR count). The second-order valence-corrected chi connectivity index (χ2v) is 13.4. The summed E-state index contributed by atoms with van der Waals surface area (Å²) in [5.41, 5.74) is 5.82. The highest BCUT2D eigenvalue weighted by Gasteiger charge is 2.21. The van der Waals surface area contributed by atoms with Crippen molar-refractivity contribution in [2.45, 2.75) is 30.4 Å². The fraction of sp³-hybridized carbons (Fsp3) is 0.158. The fourth-order valence-electron chi connectivity index (χ4n) is 4.68. The molecule has 4 aromatic carbocycles. The van der Waals surface area contributed by atoms with Crippen LogP contribution in [0.4, 0.5) is 16.5 Å². The van der Waals surface area contributed by atoms with Crippen LogP contribution in [0.2, 0.25) is 0 Å². The number of aryl methyl sites for hydroxylation is 1. The van der Waals surface area contributed by atoms with Crippen LogP contribution in [0.15, 0.2) is 119 Å². The van der Waals surface area contributed by atoms with Crippen LogP contribution in [-0.2, 0) is 9.59 Å². The van der Waals surface area contributed by atoms with Crippen LogP contribution in [0.3, 0.4) is 0 Å². The maximum Gasteiger partial charge on any atom is 0.272 e. The first-order valence-corrected chi connectivity index (χ1v) is 17.2. The highest BCUT2D eigenvalue weighted by Crippen LogP contribution is 2.30. The minimum absolute atomic E-state index is 0.0961. The molecule has 0 bridgehead atoms. The SMILES string of the molecule is CCC(Sc1cccc(NC(=O)/C(=C\c2ccc(N(C)C)cc2)NC(=O)c2ccccc2)c1)C(=O)Nc1nc(-c2ccc(C)cc2)cs1. The molecule has 0 fully saturated rings. The normalized spacial score (nSPS) is 11.8. The molecular weight excluding hydrogens is 639 g/mol. The molecule has 5 aromatic rings. The molecule has 1 unspecified atom stereocenters. The third-order valence-electron chi connectivity index (χ3n) is 7.36. The van der Waals surface area contributed by atoms with Crippen molar-refractivity contribution in [1.82, 2.24) is 10.3 Å². The van der Waals surface area contributed by atoms with E-state index in [0.29, 0.717) is 22.8 Å². The summed E-state index contributed by atoms with van der Waals surface area (Å²) in [5, 5.41) is 10.8. The van der Waals surface area contributed by atoms with Crippen LogP contribution >= 0.6 is 23.1 Å². The zero-order valence-electron chi connectivity index (χ0n) is 27.2. The second kappa shape index (κ2) is 16.1. The van der Waals surface area contributed by atoms with E-state index >= 15 is 0 Å². The molecule has 1 atom stereocenters. The summed E-state index contributed by atoms with van der Waals surface area (Å²) in [6, 6.07) is 31.8. The van der Waals surface area contributed by atoms with E-state index in [9.17, 15) is 14.4 Å². The molecule has 0 aliphatic rings. The Morgan fingerprint density at radius 2 is 1.62 bits per heavy atom. The molecule has 0 saturated carbocycles. The molecule has 244 valence electrons. The summed E-state index contributed by atoms with van der Waals surface area (Å²) < 4.78 is 0. The molecule has 0 aliphatic carbocycles. The summed E-state index contributed by atoms with van der Waals surface area (Å²) in [6.07, 6.45) is 2.24. The lowest BCUT2D eigenvalue weighted by atomic mass is 10.1. The second-order valence-electron chi connectivity index (χ2n) is 11.3. The molecule has 0 saturated heterocycles. The van der Waals surface area contributed by atoms with Gasteiger partial charge in [0.2, 0.25) is 5.91 Å². The van der Waals surface area contributed by atoms with E-state index < -0.39 is 11.8 Å². The molecule has 1 aromatic heterocycles. The number of thiazole rings is 1. The molecule has 0 spiro atoms. The number of nitrogens with one attached hydrogen (secondary N) is 3. The zero-order valence-corrected chi connectivity index (χ0v) is 28.8. The number of carbonyl (C=O) groups is 3. The summed E-state index contributed by atoms with van der Waals surface area (Å²) in [5.74, 6) is -1.01. The number of anilines is 3. The van der Waals surface area contributed by atoms with Gasteiger partial charge in [0.1, 0.15) is 5.70 Å². The summed E-state index contributed by atoms with van der Waals surface area (Å²) in [6.45, 7) is 4.00. The topological polar surface area (TPSA) is 103 Å². The van der Waals surface area contributed by atoms with Crippen LogP contribution in [-0.4, -0.2) is 42.1 Å². The van der Waals surface area contributed by atoms with E-state index in [-0.39, 0.29) is 16.9 Å². The lowest BCUT2D eigenvalue weighted by molar-refractivity contribution is -0.116. The zero-order chi connectivity index (χ0) is 34.0. The summed E-state index contributed by atoms with van der Waals surface area (Å²) in [4.78, 5) is 47.3. The number of nitrogens with zero attached hydrogens (tertiary/aromatic N) is 2. The van der Waals surface area contributed by atoms with Crippen molar-refractivity contribution in [3.8, 4) is 11.3 Å². The minimum Gasteiger partial charge on any atom is -0.378 e. The van der Waals surface area contributed by atoms with Crippen molar-refractivity contribution in [2.75, 3.05) is 29.6 Å². The van der Waals surface area contributed by atoms with Crippen LogP contribution in [0.5, 0.6) is 0 Å². The number of aromatic nitrogens is 1. The smallest absolute Gasteiger partial charge is 0.272 e. The Morgan fingerprint density at radius 1 is 0.896 bits per heavy atom. The Labute approximate surface area is 289 Å². The standard InChI is InChI=1S/C38H37N5O3S2/c1-5-34(37(46)42-38-41-33(24-47-38)27-18-14-25(2)15-19-27)48-31-13-9-12-29(23-31)39-36(45)32(40-35(44)28-10-7-6-8-11-28)22-26-16-20-30(21-17-26)43(3)4/h6-24,34H,5H2,1-4H3,(H,39,45)(H,40,44)(H,41,42,46)/b32-22+. The Kier molecular flexibility index (Phi) is 11.4. The molecule has 1 heterocycles. The molecule has 0 radical (unpaired) electrons. The lowest BCUT2D eigenvalue weighted by Crippen LogP contribution is -2.30. The van der Waals surface area contributed by atoms with Gasteiger partial charge in [0.05, 0.1) is 10.9 Å². The quantitative estimate of drug-likeness (QED) is 0.0912. The summed E-state index contributed by atoms with van der Waals surface area (Å²) in [7, 11) is 3.91. The van der Waals surface area contributed by atoms with Gasteiger partial charge in [-0.3, -0.25) is 14.4 Å². The van der Waals surface area contributed by atoms with E-state index in [2.05, 4.69) is 20.9 Å². The highest BCUT2D eigenvalue weighted by atomic mass is 32.2. The highest BCUT2D eigenvalue weighted by molar-refractivity contribution is 8.00. The van der Waals surface area contributed by atoms with Crippen molar-refractivity contribution >= 4 is 63.4 Å². The van der Waals surface area contributed by atoms with Gasteiger partial charge in [-0.2, -0.15) is 0 Å². The Morgan fingerprint density at radius 3 is 2.31 bits per heavy atom. The summed E-state index contributed by atoms with van der Waals surface area (Å²) >= 11 is 2.80. The van der Waals surface area contributed by atoms with Crippen LogP contribution in [0.25, 0.3) is 17.3 Å². The van der Waals surface area contributed by atoms with Gasteiger partial charge < -0.3 is 20.9 Å². The van der Waals surface area contributed by atoms with E-state index in [1.54, 1.807) is 36.4 Å². The lowest BCUT2D eigenvalue weighted by Gasteiger charge is -2.15. The van der Waals surface area contributed by atoms with E-state index in [1.807, 2.05) is 111 Å². The van der Waals surface area contributed by atoms with Crippen molar-refractivity contribution in [3.05, 3.63) is 131 Å². The van der Waals surface area contributed by atoms with Crippen LogP contribution in [0, 0.1) is 6.92 Å². The van der Waals surface area contributed by atoms with Crippen molar-refractivity contribution in [3.63, 3.8) is 0 Å². The molecule has 8 nitrogen and oxygen atoms in total. The molecule has 3 N–H and O–H groups in total. The van der Waals surface area contributed by atoms with Gasteiger partial charge >= 0.3 is 0 Å². The van der Waals surface area contributed by atoms with E-state index in [1.165, 1.54) is 28.7 Å². The molecule has 3 amide bonds. The first kappa shape index (κ1) is 34.2. The van der Waals surface area contributed by atoms with Gasteiger partial charge in [-0.15, -0.1) is 23.1 Å². The monoisotopic (exact) mass is 675 g/mol. The molecular formula is C38H37N5O3S2. The van der Waals surface area contributed by atoms with Gasteiger partial charge in [0, 0.05) is 46.9 Å². The largest absolute Gasteiger partial charge is 0.378 e. The van der Waals surface area contributed by atoms with Gasteiger partial charge in [-0.05, 0) is 67.4 Å². The van der Waals surface area contributed by atoms with Gasteiger partial charge in [-0.1, -0.05) is 73.2 Å². The van der Waals surface area contributed by atoms with E-state index in [4.69, 9.17) is 0 Å². The predicted octanol–water partition coefficient (Wildman–Crippen LogP) is 8.10. The predicted molar refractivity (Wildman–Crippen MR) is 199 cm³/mol. The number of benzene rings is 4. The number of carbonyl (C=O) groups excluding carboxylic acids is 3. The van der Waals surface area contributed by atoms with Crippen molar-refractivity contribution < 1.29 is 14.4 Å². The Hall–Kier alpha value is -5.19. The minimum atomic E-state index is -0.476. The fourth-order valence-corrected chi connectivity index (χ4v) is 6.42. The average molecular weight is 676 g/mol. The van der Waals surface area contributed by atoms with Crippen LogP contribution in [0.1, 0.15) is 34.8 Å². The first-order valence-electron chi connectivity index (χ1n) is 15.5. The third-order valence-corrected chi connectivity index (χ3v) is 9.48. The first-order chi connectivity index (χ1) is 23.2. The van der Waals surface area contributed by atoms with Crippen molar-refractivity contribution in [1.29, 1.82) is 0 Å². The van der Waals surface area contributed by atoms with Crippen LogP contribution < -0.4 is 20.9 Å². The van der Waals surface area contributed by atoms with E-state index in [0.717, 1.165) is 27.4 Å². The average Bonchev–Trinajstić information content (AvgIpc) is 3.56. The number of hydrogen-bond donors (Lipinski definition) is 3. The van der Waals surface area contributed by atoms with Gasteiger partial charge in [0.25, 0.3) is 11.8 Å². The Balaban J connectivity index is 1.28. The molecule has 10 heteroatoms. The number of hydrogen-bond acceptors (Lipinski definition) is 7.